The molecule has 0 bridgehead atoms. The van der Waals surface area contributed by atoms with E-state index in [1.807, 2.05) is 13.8 Å². The molecule has 0 aromatic heterocycles. The second-order valence-electron chi connectivity index (χ2n) is 5.93. The number of thioether (sulfide) groups is 1. The van der Waals surface area contributed by atoms with Crippen LogP contribution in [0.15, 0.2) is 23.1 Å². The van der Waals surface area contributed by atoms with Gasteiger partial charge in [0.1, 0.15) is 5.82 Å². The highest BCUT2D eigenvalue weighted by Crippen LogP contribution is 2.36. The van der Waals surface area contributed by atoms with Crippen molar-refractivity contribution in [2.45, 2.75) is 49.6 Å². The summed E-state index contributed by atoms with van der Waals surface area (Å²) in [6.07, 6.45) is 1.87. The number of amides is 1. The molecule has 1 aromatic carbocycles. The van der Waals surface area contributed by atoms with Gasteiger partial charge in [0.2, 0.25) is 5.91 Å². The van der Waals surface area contributed by atoms with E-state index in [0.29, 0.717) is 12.8 Å². The number of fused-ring (bicyclic) bond motifs is 1. The molecule has 1 heterocycles. The molecule has 1 aromatic rings. The maximum atomic E-state index is 13.4. The van der Waals surface area contributed by atoms with E-state index in [0.717, 1.165) is 22.6 Å². The van der Waals surface area contributed by atoms with Crippen molar-refractivity contribution < 1.29 is 9.18 Å². The molecule has 0 saturated heterocycles. The van der Waals surface area contributed by atoms with Crippen LogP contribution in [0, 0.1) is 5.82 Å². The Morgan fingerprint density at radius 2 is 2.30 bits per heavy atom. The van der Waals surface area contributed by atoms with Crippen molar-refractivity contribution in [3.05, 3.63) is 29.6 Å². The summed E-state index contributed by atoms with van der Waals surface area (Å²) in [5, 5.41) is 3.00. The zero-order chi connectivity index (χ0) is 14.8. The summed E-state index contributed by atoms with van der Waals surface area (Å²) in [4.78, 5) is 13.0. The predicted molar refractivity (Wildman–Crippen MR) is 80.1 cm³/mol. The summed E-state index contributed by atoms with van der Waals surface area (Å²) in [6.45, 7) is 3.81. The third-order valence-electron chi connectivity index (χ3n) is 3.34. The average molecular weight is 296 g/mol. The summed E-state index contributed by atoms with van der Waals surface area (Å²) >= 11 is 1.71. The Hall–Kier alpha value is -1.07. The van der Waals surface area contributed by atoms with Crippen LogP contribution in [0.4, 0.5) is 4.39 Å². The van der Waals surface area contributed by atoms with Crippen molar-refractivity contribution in [1.82, 2.24) is 5.32 Å². The van der Waals surface area contributed by atoms with E-state index in [-0.39, 0.29) is 23.3 Å². The van der Waals surface area contributed by atoms with E-state index >= 15 is 0 Å². The molecule has 0 saturated carbocycles. The zero-order valence-electron chi connectivity index (χ0n) is 11.9. The van der Waals surface area contributed by atoms with Gasteiger partial charge in [0.15, 0.2) is 0 Å². The Morgan fingerprint density at radius 3 is 3.00 bits per heavy atom. The van der Waals surface area contributed by atoms with Gasteiger partial charge < -0.3 is 11.1 Å². The molecule has 5 heteroatoms. The van der Waals surface area contributed by atoms with Gasteiger partial charge in [-0.15, -0.1) is 11.8 Å². The first-order valence-corrected chi connectivity index (χ1v) is 7.84. The Balaban J connectivity index is 2.01. The van der Waals surface area contributed by atoms with Crippen LogP contribution in [0.5, 0.6) is 0 Å². The molecule has 1 aliphatic rings. The number of nitrogens with one attached hydrogen (secondary N) is 1. The largest absolute Gasteiger partial charge is 0.349 e. The molecule has 110 valence electrons. The number of hydrogen-bond donors (Lipinski definition) is 2. The SMILES string of the molecule is CC(C)(N)CCC(=O)NC1CCSc2ccc(F)cc21. The zero-order valence-corrected chi connectivity index (χ0v) is 12.7. The molecule has 0 radical (unpaired) electrons. The highest BCUT2D eigenvalue weighted by molar-refractivity contribution is 7.99. The number of hydrogen-bond acceptors (Lipinski definition) is 3. The van der Waals surface area contributed by atoms with Crippen LogP contribution in [-0.2, 0) is 4.79 Å². The van der Waals surface area contributed by atoms with Gasteiger partial charge in [0, 0.05) is 22.6 Å². The summed E-state index contributed by atoms with van der Waals surface area (Å²) in [5.74, 6) is 0.663. The van der Waals surface area contributed by atoms with Gasteiger partial charge in [-0.1, -0.05) is 0 Å². The Labute approximate surface area is 123 Å². The lowest BCUT2D eigenvalue weighted by Gasteiger charge is -2.26. The summed E-state index contributed by atoms with van der Waals surface area (Å²) in [7, 11) is 0. The first-order valence-electron chi connectivity index (χ1n) is 6.86. The monoisotopic (exact) mass is 296 g/mol. The van der Waals surface area contributed by atoms with Crippen LogP contribution in [0.25, 0.3) is 0 Å². The van der Waals surface area contributed by atoms with Crippen molar-refractivity contribution in [2.75, 3.05) is 5.75 Å². The second-order valence-corrected chi connectivity index (χ2v) is 7.06. The van der Waals surface area contributed by atoms with E-state index in [4.69, 9.17) is 5.73 Å². The molecule has 0 aliphatic carbocycles. The lowest BCUT2D eigenvalue weighted by molar-refractivity contribution is -0.122. The first kappa shape index (κ1) is 15.3. The maximum Gasteiger partial charge on any atom is 0.220 e. The molecular formula is C15H21FN2OS. The van der Waals surface area contributed by atoms with Crippen molar-refractivity contribution in [1.29, 1.82) is 0 Å². The van der Waals surface area contributed by atoms with E-state index in [2.05, 4.69) is 5.32 Å². The van der Waals surface area contributed by atoms with Crippen LogP contribution >= 0.6 is 11.8 Å². The summed E-state index contributed by atoms with van der Waals surface area (Å²) < 4.78 is 13.4. The molecular weight excluding hydrogens is 275 g/mol. The number of rotatable bonds is 4. The third kappa shape index (κ3) is 4.21. The van der Waals surface area contributed by atoms with Crippen LogP contribution in [0.1, 0.15) is 44.7 Å². The summed E-state index contributed by atoms with van der Waals surface area (Å²) in [6, 6.07) is 4.69. The van der Waals surface area contributed by atoms with Crippen molar-refractivity contribution >= 4 is 17.7 Å². The van der Waals surface area contributed by atoms with Crippen molar-refractivity contribution in [3.63, 3.8) is 0 Å². The Morgan fingerprint density at radius 1 is 1.55 bits per heavy atom. The lowest BCUT2D eigenvalue weighted by atomic mass is 9.99. The van der Waals surface area contributed by atoms with Crippen LogP contribution in [0.2, 0.25) is 0 Å². The van der Waals surface area contributed by atoms with Gasteiger partial charge in [-0.25, -0.2) is 4.39 Å². The van der Waals surface area contributed by atoms with Crippen LogP contribution < -0.4 is 11.1 Å². The van der Waals surface area contributed by atoms with Crippen molar-refractivity contribution in [2.24, 2.45) is 5.73 Å². The molecule has 1 aliphatic heterocycles. The van der Waals surface area contributed by atoms with Crippen LogP contribution in [-0.4, -0.2) is 17.2 Å². The van der Waals surface area contributed by atoms with Gasteiger partial charge in [-0.3, -0.25) is 4.79 Å². The van der Waals surface area contributed by atoms with Gasteiger partial charge in [0.05, 0.1) is 6.04 Å². The molecule has 2 rings (SSSR count). The fraction of sp³-hybridized carbons (Fsp3) is 0.533. The van der Waals surface area contributed by atoms with Crippen molar-refractivity contribution in [3.8, 4) is 0 Å². The third-order valence-corrected chi connectivity index (χ3v) is 4.47. The average Bonchev–Trinajstić information content (AvgIpc) is 2.36. The van der Waals surface area contributed by atoms with Crippen LogP contribution in [0.3, 0.4) is 0 Å². The Bertz CT molecular complexity index is 499. The molecule has 1 unspecified atom stereocenters. The van der Waals surface area contributed by atoms with Gasteiger partial charge in [-0.05, 0) is 50.5 Å². The molecule has 3 nitrogen and oxygen atoms in total. The molecule has 20 heavy (non-hydrogen) atoms. The van der Waals surface area contributed by atoms with E-state index in [1.54, 1.807) is 17.8 Å². The standard InChI is InChI=1S/C15H21FN2OS/c1-15(2,17)7-5-14(19)18-12-6-8-20-13-4-3-10(16)9-11(12)13/h3-4,9,12H,5-8,17H2,1-2H3,(H,18,19). The van der Waals surface area contributed by atoms with Gasteiger partial charge in [-0.2, -0.15) is 0 Å². The van der Waals surface area contributed by atoms with Gasteiger partial charge in [0.25, 0.3) is 0 Å². The highest BCUT2D eigenvalue weighted by Gasteiger charge is 2.23. The fourth-order valence-electron chi connectivity index (χ4n) is 2.22. The number of carbonyl (C=O) groups excluding carboxylic acids is 1. The lowest BCUT2D eigenvalue weighted by Crippen LogP contribution is -2.36. The quantitative estimate of drug-likeness (QED) is 0.898. The number of halogens is 1. The smallest absolute Gasteiger partial charge is 0.220 e. The van der Waals surface area contributed by atoms with E-state index in [9.17, 15) is 9.18 Å². The molecule has 0 spiro atoms. The first-order chi connectivity index (χ1) is 9.35. The molecule has 0 fully saturated rings. The number of carbonyl (C=O) groups is 1. The molecule has 3 N–H and O–H groups in total. The number of benzene rings is 1. The minimum atomic E-state index is -0.343. The van der Waals surface area contributed by atoms with Gasteiger partial charge >= 0.3 is 0 Å². The second kappa shape index (κ2) is 6.14. The normalized spacial score (nSPS) is 18.5. The highest BCUT2D eigenvalue weighted by atomic mass is 32.2. The van der Waals surface area contributed by atoms with E-state index < -0.39 is 0 Å². The minimum Gasteiger partial charge on any atom is -0.349 e. The fourth-order valence-corrected chi connectivity index (χ4v) is 3.32. The summed E-state index contributed by atoms with van der Waals surface area (Å²) in [5.41, 5.74) is 6.43. The maximum absolute atomic E-state index is 13.4. The minimum absolute atomic E-state index is 0.0179. The van der Waals surface area contributed by atoms with E-state index in [1.165, 1.54) is 12.1 Å². The Kier molecular flexibility index (Phi) is 4.70. The predicted octanol–water partition coefficient (Wildman–Crippen LogP) is 3.00. The number of nitrogens with two attached hydrogens (primary N) is 1. The molecule has 1 atom stereocenters. The topological polar surface area (TPSA) is 55.1 Å². The molecule has 1 amide bonds.